The average Bonchev–Trinajstić information content (AvgIpc) is 2.30. The van der Waals surface area contributed by atoms with Gasteiger partial charge in [-0.05, 0) is 25.0 Å². The van der Waals surface area contributed by atoms with Crippen LogP contribution < -0.4 is 10.6 Å². The predicted molar refractivity (Wildman–Crippen MR) is 78.4 cm³/mol. The molecule has 0 radical (unpaired) electrons. The number of pyridine rings is 1. The monoisotopic (exact) mass is 277 g/mol. The van der Waals surface area contributed by atoms with Gasteiger partial charge in [-0.2, -0.15) is 0 Å². The van der Waals surface area contributed by atoms with Crippen LogP contribution in [0.15, 0.2) is 18.3 Å². The Bertz CT molecular complexity index is 310. The fraction of sp³-hybridized carbons (Fsp3) is 0.583. The topological polar surface area (TPSA) is 42.1 Å². The lowest BCUT2D eigenvalue weighted by molar-refractivity contribution is 0.427. The average molecular weight is 278 g/mol. The molecule has 2 rings (SSSR count). The first-order valence-electron chi connectivity index (χ1n) is 5.72. The van der Waals surface area contributed by atoms with Crippen molar-refractivity contribution >= 4 is 36.3 Å². The van der Waals surface area contributed by atoms with Gasteiger partial charge in [-0.15, -0.1) is 24.8 Å². The lowest BCUT2D eigenvalue weighted by Crippen LogP contribution is -2.33. The molecule has 1 fully saturated rings. The van der Waals surface area contributed by atoms with Gasteiger partial charge in [0.05, 0.1) is 11.9 Å². The van der Waals surface area contributed by atoms with Crippen molar-refractivity contribution in [3.05, 3.63) is 18.3 Å². The smallest absolute Gasteiger partial charge is 0.123 e. The molecule has 1 aliphatic carbocycles. The van der Waals surface area contributed by atoms with E-state index in [1.807, 2.05) is 12.3 Å². The van der Waals surface area contributed by atoms with E-state index < -0.39 is 0 Å². The lowest BCUT2D eigenvalue weighted by atomic mass is 9.94. The molecule has 2 N–H and O–H groups in total. The molecule has 1 aromatic heterocycles. The minimum atomic E-state index is 0. The Hall–Kier alpha value is -0.670. The van der Waals surface area contributed by atoms with Crippen LogP contribution in [0, 0.1) is 0 Å². The maximum atomic E-state index is 5.58. The number of halogens is 2. The molecular weight excluding hydrogens is 257 g/mol. The Morgan fingerprint density at radius 2 is 1.82 bits per heavy atom. The molecule has 1 saturated carbocycles. The Morgan fingerprint density at radius 3 is 2.35 bits per heavy atom. The summed E-state index contributed by atoms with van der Waals surface area (Å²) in [7, 11) is 2.16. The van der Waals surface area contributed by atoms with Gasteiger partial charge in [-0.1, -0.05) is 19.3 Å². The van der Waals surface area contributed by atoms with E-state index in [-0.39, 0.29) is 24.8 Å². The summed E-state index contributed by atoms with van der Waals surface area (Å²) in [6.07, 6.45) is 8.59. The van der Waals surface area contributed by atoms with E-state index in [9.17, 15) is 0 Å². The Morgan fingerprint density at radius 1 is 1.18 bits per heavy atom. The second-order valence-corrected chi connectivity index (χ2v) is 4.34. The molecule has 98 valence electrons. The predicted octanol–water partition coefficient (Wildman–Crippen LogP) is 3.28. The quantitative estimate of drug-likeness (QED) is 0.902. The zero-order valence-electron chi connectivity index (χ0n) is 10.1. The van der Waals surface area contributed by atoms with Gasteiger partial charge in [0.1, 0.15) is 5.82 Å². The van der Waals surface area contributed by atoms with Gasteiger partial charge in [-0.25, -0.2) is 4.98 Å². The molecule has 0 atom stereocenters. The van der Waals surface area contributed by atoms with Crippen molar-refractivity contribution in [2.75, 3.05) is 17.7 Å². The second kappa shape index (κ2) is 7.62. The zero-order valence-corrected chi connectivity index (χ0v) is 11.8. The number of rotatable bonds is 2. The summed E-state index contributed by atoms with van der Waals surface area (Å²) in [4.78, 5) is 6.47. The summed E-state index contributed by atoms with van der Waals surface area (Å²) in [5.41, 5.74) is 6.75. The van der Waals surface area contributed by atoms with Gasteiger partial charge < -0.3 is 10.6 Å². The van der Waals surface area contributed by atoms with Crippen LogP contribution in [0.3, 0.4) is 0 Å². The van der Waals surface area contributed by atoms with Crippen molar-refractivity contribution in [3.8, 4) is 0 Å². The summed E-state index contributed by atoms with van der Waals surface area (Å²) in [5, 5.41) is 0. The molecule has 17 heavy (non-hydrogen) atoms. The van der Waals surface area contributed by atoms with Crippen LogP contribution in [0.2, 0.25) is 0 Å². The van der Waals surface area contributed by atoms with Gasteiger partial charge in [0.2, 0.25) is 0 Å². The molecule has 0 amide bonds. The molecule has 0 unspecified atom stereocenters. The summed E-state index contributed by atoms with van der Waals surface area (Å²) in [5.74, 6) is 0.593. The number of hydrogen-bond acceptors (Lipinski definition) is 3. The SMILES string of the molecule is CN(c1ccc(N)nc1)C1CCCCC1.Cl.Cl. The van der Waals surface area contributed by atoms with E-state index in [2.05, 4.69) is 23.0 Å². The molecule has 0 aliphatic heterocycles. The second-order valence-electron chi connectivity index (χ2n) is 4.34. The first-order valence-corrected chi connectivity index (χ1v) is 5.72. The number of hydrogen-bond donors (Lipinski definition) is 1. The van der Waals surface area contributed by atoms with Crippen LogP contribution >= 0.6 is 24.8 Å². The third-order valence-electron chi connectivity index (χ3n) is 3.30. The third kappa shape index (κ3) is 4.25. The summed E-state index contributed by atoms with van der Waals surface area (Å²) >= 11 is 0. The minimum Gasteiger partial charge on any atom is -0.384 e. The van der Waals surface area contributed by atoms with E-state index in [4.69, 9.17) is 5.73 Å². The third-order valence-corrected chi connectivity index (χ3v) is 3.30. The molecule has 0 aromatic carbocycles. The van der Waals surface area contributed by atoms with Crippen molar-refractivity contribution in [2.45, 2.75) is 38.1 Å². The van der Waals surface area contributed by atoms with Crippen LogP contribution in [-0.4, -0.2) is 18.1 Å². The van der Waals surface area contributed by atoms with Crippen LogP contribution in [0.5, 0.6) is 0 Å². The molecule has 3 nitrogen and oxygen atoms in total. The highest BCUT2D eigenvalue weighted by molar-refractivity contribution is 5.85. The number of anilines is 2. The van der Waals surface area contributed by atoms with Crippen LogP contribution in [0.4, 0.5) is 11.5 Å². The van der Waals surface area contributed by atoms with E-state index in [0.717, 1.165) is 0 Å². The van der Waals surface area contributed by atoms with Crippen molar-refractivity contribution in [3.63, 3.8) is 0 Å². The maximum absolute atomic E-state index is 5.58. The molecule has 0 saturated heterocycles. The van der Waals surface area contributed by atoms with Gasteiger partial charge in [-0.3, -0.25) is 0 Å². The fourth-order valence-electron chi connectivity index (χ4n) is 2.29. The normalized spacial score (nSPS) is 15.6. The van der Waals surface area contributed by atoms with Crippen molar-refractivity contribution in [1.29, 1.82) is 0 Å². The molecule has 0 bridgehead atoms. The number of aromatic nitrogens is 1. The Kier molecular flexibility index (Phi) is 7.32. The first-order chi connectivity index (χ1) is 7.27. The summed E-state index contributed by atoms with van der Waals surface area (Å²) < 4.78 is 0. The molecule has 0 spiro atoms. The highest BCUT2D eigenvalue weighted by Gasteiger charge is 2.18. The van der Waals surface area contributed by atoms with Gasteiger partial charge in [0.15, 0.2) is 0 Å². The van der Waals surface area contributed by atoms with Gasteiger partial charge in [0.25, 0.3) is 0 Å². The fourth-order valence-corrected chi connectivity index (χ4v) is 2.29. The largest absolute Gasteiger partial charge is 0.384 e. The highest BCUT2D eigenvalue weighted by Crippen LogP contribution is 2.25. The maximum Gasteiger partial charge on any atom is 0.123 e. The standard InChI is InChI=1S/C12H19N3.2ClH/c1-15(10-5-3-2-4-6-10)11-7-8-12(13)14-9-11;;/h7-10H,2-6H2,1H3,(H2,13,14);2*1H. The highest BCUT2D eigenvalue weighted by atomic mass is 35.5. The van der Waals surface area contributed by atoms with E-state index in [0.29, 0.717) is 11.9 Å². The van der Waals surface area contributed by atoms with Gasteiger partial charge >= 0.3 is 0 Å². The molecular formula is C12H21Cl2N3. The lowest BCUT2D eigenvalue weighted by Gasteiger charge is -2.32. The van der Waals surface area contributed by atoms with Crippen molar-refractivity contribution in [1.82, 2.24) is 4.98 Å². The minimum absolute atomic E-state index is 0. The first kappa shape index (κ1) is 16.3. The number of nitrogens with two attached hydrogens (primary N) is 1. The summed E-state index contributed by atoms with van der Waals surface area (Å²) in [6.45, 7) is 0. The molecule has 1 aliphatic rings. The van der Waals surface area contributed by atoms with Crippen LogP contribution in [0.25, 0.3) is 0 Å². The van der Waals surface area contributed by atoms with E-state index >= 15 is 0 Å². The Balaban J connectivity index is 0.00000128. The summed E-state index contributed by atoms with van der Waals surface area (Å²) in [6, 6.07) is 4.61. The van der Waals surface area contributed by atoms with Crippen LogP contribution in [0.1, 0.15) is 32.1 Å². The van der Waals surface area contributed by atoms with E-state index in [1.165, 1.54) is 37.8 Å². The molecule has 1 heterocycles. The number of nitrogen functional groups attached to an aromatic ring is 1. The number of nitrogens with zero attached hydrogens (tertiary/aromatic N) is 2. The van der Waals surface area contributed by atoms with Gasteiger partial charge in [0, 0.05) is 13.1 Å². The Labute approximate surface area is 116 Å². The zero-order chi connectivity index (χ0) is 10.7. The van der Waals surface area contributed by atoms with Crippen LogP contribution in [-0.2, 0) is 0 Å². The van der Waals surface area contributed by atoms with Crippen molar-refractivity contribution < 1.29 is 0 Å². The van der Waals surface area contributed by atoms with Crippen molar-refractivity contribution in [2.24, 2.45) is 0 Å². The van der Waals surface area contributed by atoms with E-state index in [1.54, 1.807) is 0 Å². The molecule has 5 heteroatoms. The molecule has 1 aromatic rings.